The fraction of sp³-hybridized carbons (Fsp3) is 0.174. The third-order valence-corrected chi connectivity index (χ3v) is 5.25. The standard InChI is InChI=1S/C23H22F3N2O6P/c1-22(27,14-33-35(30,31)32)21(29)28-17-9-12-20(19(13-17)23(24,25)26)34-18-10-7-16(8-11-18)15-5-3-2-4-6-15/h2-13H,14,27H2,1H3,(H,28,29)(H2,30,31,32)/t22-/m0/s1. The highest BCUT2D eigenvalue weighted by Crippen LogP contribution is 2.40. The van der Waals surface area contributed by atoms with Gasteiger partial charge in [-0.1, -0.05) is 42.5 Å². The number of ether oxygens (including phenoxy) is 1. The number of phosphoric ester groups is 1. The number of phosphoric acid groups is 1. The lowest BCUT2D eigenvalue weighted by Gasteiger charge is -2.24. The summed E-state index contributed by atoms with van der Waals surface area (Å²) in [7, 11) is -4.90. The van der Waals surface area contributed by atoms with Crippen molar-refractivity contribution >= 4 is 19.4 Å². The summed E-state index contributed by atoms with van der Waals surface area (Å²) in [6.07, 6.45) is -4.81. The highest BCUT2D eigenvalue weighted by molar-refractivity contribution is 7.46. The number of halogens is 3. The van der Waals surface area contributed by atoms with Crippen LogP contribution in [0, 0.1) is 0 Å². The molecule has 0 heterocycles. The maximum atomic E-state index is 13.7. The monoisotopic (exact) mass is 510 g/mol. The summed E-state index contributed by atoms with van der Waals surface area (Å²) < 4.78 is 61.7. The largest absolute Gasteiger partial charge is 0.469 e. The van der Waals surface area contributed by atoms with Crippen LogP contribution in [0.4, 0.5) is 18.9 Å². The first-order chi connectivity index (χ1) is 16.2. The molecule has 1 atom stereocenters. The van der Waals surface area contributed by atoms with Crippen molar-refractivity contribution in [3.63, 3.8) is 0 Å². The molecule has 0 radical (unpaired) electrons. The molecule has 186 valence electrons. The first kappa shape index (κ1) is 26.4. The van der Waals surface area contributed by atoms with Crippen LogP contribution in [0.5, 0.6) is 11.5 Å². The van der Waals surface area contributed by atoms with Gasteiger partial charge in [0, 0.05) is 5.69 Å². The third kappa shape index (κ3) is 7.38. The van der Waals surface area contributed by atoms with Crippen LogP contribution in [-0.2, 0) is 20.1 Å². The zero-order chi connectivity index (χ0) is 25.9. The van der Waals surface area contributed by atoms with Gasteiger partial charge in [-0.15, -0.1) is 0 Å². The second-order valence-corrected chi connectivity index (χ2v) is 9.08. The lowest BCUT2D eigenvalue weighted by atomic mass is 10.0. The van der Waals surface area contributed by atoms with Gasteiger partial charge in [0.15, 0.2) is 0 Å². The lowest BCUT2D eigenvalue weighted by Crippen LogP contribution is -2.52. The number of hydrogen-bond donors (Lipinski definition) is 4. The topological polar surface area (TPSA) is 131 Å². The van der Waals surface area contributed by atoms with E-state index >= 15 is 0 Å². The van der Waals surface area contributed by atoms with E-state index in [1.54, 1.807) is 24.3 Å². The summed E-state index contributed by atoms with van der Waals surface area (Å²) in [5.74, 6) is -1.32. The Morgan fingerprint density at radius 2 is 1.60 bits per heavy atom. The summed E-state index contributed by atoms with van der Waals surface area (Å²) in [6, 6.07) is 18.8. The maximum absolute atomic E-state index is 13.7. The average molecular weight is 510 g/mol. The molecule has 0 aromatic heterocycles. The van der Waals surface area contributed by atoms with E-state index in [-0.39, 0.29) is 11.4 Å². The fourth-order valence-corrected chi connectivity index (χ4v) is 3.39. The van der Waals surface area contributed by atoms with Crippen LogP contribution < -0.4 is 15.8 Å². The van der Waals surface area contributed by atoms with Gasteiger partial charge in [0.2, 0.25) is 5.91 Å². The Morgan fingerprint density at radius 1 is 1.00 bits per heavy atom. The van der Waals surface area contributed by atoms with E-state index in [4.69, 9.17) is 20.3 Å². The number of rotatable bonds is 8. The molecule has 8 nitrogen and oxygen atoms in total. The summed E-state index contributed by atoms with van der Waals surface area (Å²) in [5, 5.41) is 2.20. The highest BCUT2D eigenvalue weighted by atomic mass is 31.2. The number of amides is 1. The Bertz CT molecular complexity index is 1230. The van der Waals surface area contributed by atoms with Crippen molar-refractivity contribution in [1.82, 2.24) is 0 Å². The van der Waals surface area contributed by atoms with Crippen molar-refractivity contribution in [3.8, 4) is 22.6 Å². The molecule has 3 aromatic rings. The average Bonchev–Trinajstić information content (AvgIpc) is 2.79. The van der Waals surface area contributed by atoms with Crippen molar-refractivity contribution in [1.29, 1.82) is 0 Å². The zero-order valence-electron chi connectivity index (χ0n) is 18.3. The van der Waals surface area contributed by atoms with Crippen LogP contribution in [0.1, 0.15) is 12.5 Å². The number of hydrogen-bond acceptors (Lipinski definition) is 5. The van der Waals surface area contributed by atoms with Gasteiger partial charge in [0.25, 0.3) is 0 Å². The molecular weight excluding hydrogens is 488 g/mol. The van der Waals surface area contributed by atoms with E-state index in [0.717, 1.165) is 24.1 Å². The number of nitrogens with one attached hydrogen (secondary N) is 1. The highest BCUT2D eigenvalue weighted by Gasteiger charge is 2.36. The Hall–Kier alpha value is -3.21. The second kappa shape index (κ2) is 10.2. The number of nitrogens with two attached hydrogens (primary N) is 1. The number of alkyl halides is 3. The predicted molar refractivity (Wildman–Crippen MR) is 123 cm³/mol. The van der Waals surface area contributed by atoms with Gasteiger partial charge in [0.05, 0.1) is 6.61 Å². The molecule has 0 bridgehead atoms. The Kier molecular flexibility index (Phi) is 7.68. The normalized spacial score (nSPS) is 13.7. The maximum Gasteiger partial charge on any atom is 0.469 e. The summed E-state index contributed by atoms with van der Waals surface area (Å²) in [4.78, 5) is 29.9. The van der Waals surface area contributed by atoms with Gasteiger partial charge in [-0.2, -0.15) is 13.2 Å². The number of anilines is 1. The van der Waals surface area contributed by atoms with E-state index in [9.17, 15) is 22.5 Å². The molecule has 0 aliphatic carbocycles. The number of carbonyl (C=O) groups is 1. The molecule has 0 aliphatic heterocycles. The summed E-state index contributed by atoms with van der Waals surface area (Å²) >= 11 is 0. The molecule has 3 rings (SSSR count). The van der Waals surface area contributed by atoms with E-state index < -0.39 is 43.4 Å². The SMILES string of the molecule is C[C@](N)(COP(=O)(O)O)C(=O)Nc1ccc(Oc2ccc(-c3ccccc3)cc2)c(C(F)(F)F)c1. The van der Waals surface area contributed by atoms with Crippen LogP contribution in [0.15, 0.2) is 72.8 Å². The van der Waals surface area contributed by atoms with Gasteiger partial charge in [0.1, 0.15) is 22.6 Å². The smallest absolute Gasteiger partial charge is 0.457 e. The molecule has 0 fully saturated rings. The van der Waals surface area contributed by atoms with E-state index in [1.165, 1.54) is 6.07 Å². The minimum absolute atomic E-state index is 0.177. The van der Waals surface area contributed by atoms with Gasteiger partial charge < -0.3 is 25.6 Å². The van der Waals surface area contributed by atoms with Gasteiger partial charge in [-0.25, -0.2) is 4.57 Å². The fourth-order valence-electron chi connectivity index (χ4n) is 2.95. The minimum atomic E-state index is -4.90. The Morgan fingerprint density at radius 3 is 2.17 bits per heavy atom. The van der Waals surface area contributed by atoms with E-state index in [0.29, 0.717) is 6.07 Å². The van der Waals surface area contributed by atoms with Crippen LogP contribution in [0.25, 0.3) is 11.1 Å². The van der Waals surface area contributed by atoms with Crippen molar-refractivity contribution in [2.45, 2.75) is 18.6 Å². The molecule has 0 unspecified atom stereocenters. The van der Waals surface area contributed by atoms with Crippen LogP contribution in [-0.4, -0.2) is 27.8 Å². The van der Waals surface area contributed by atoms with Crippen molar-refractivity contribution in [2.24, 2.45) is 5.73 Å². The van der Waals surface area contributed by atoms with Gasteiger partial charge >= 0.3 is 14.0 Å². The molecule has 0 saturated carbocycles. The third-order valence-electron chi connectivity index (χ3n) is 4.78. The summed E-state index contributed by atoms with van der Waals surface area (Å²) in [6.45, 7) is 0.245. The van der Waals surface area contributed by atoms with Crippen LogP contribution in [0.3, 0.4) is 0 Å². The van der Waals surface area contributed by atoms with Gasteiger partial charge in [-0.05, 0) is 48.4 Å². The molecule has 3 aromatic carbocycles. The van der Waals surface area contributed by atoms with Crippen molar-refractivity contribution in [2.75, 3.05) is 11.9 Å². The predicted octanol–water partition coefficient (Wildman–Crippen LogP) is 4.93. The molecule has 5 N–H and O–H groups in total. The molecule has 12 heteroatoms. The first-order valence-electron chi connectivity index (χ1n) is 10.1. The molecule has 0 saturated heterocycles. The number of carbonyl (C=O) groups excluding carboxylic acids is 1. The molecular formula is C23H22F3N2O6P. The molecule has 1 amide bonds. The second-order valence-electron chi connectivity index (χ2n) is 7.84. The Balaban J connectivity index is 1.79. The summed E-state index contributed by atoms with van der Waals surface area (Å²) in [5.41, 5.74) is 4.17. The quantitative estimate of drug-likeness (QED) is 0.316. The van der Waals surface area contributed by atoms with E-state index in [2.05, 4.69) is 9.84 Å². The molecule has 0 spiro atoms. The lowest BCUT2D eigenvalue weighted by molar-refractivity contribution is -0.138. The minimum Gasteiger partial charge on any atom is -0.457 e. The molecule has 0 aliphatic rings. The van der Waals surface area contributed by atoms with Crippen LogP contribution in [0.2, 0.25) is 0 Å². The van der Waals surface area contributed by atoms with Crippen molar-refractivity contribution in [3.05, 3.63) is 78.4 Å². The van der Waals surface area contributed by atoms with Gasteiger partial charge in [-0.3, -0.25) is 9.32 Å². The van der Waals surface area contributed by atoms with E-state index in [1.807, 2.05) is 30.3 Å². The molecule has 35 heavy (non-hydrogen) atoms. The Labute approximate surface area is 198 Å². The first-order valence-corrected chi connectivity index (χ1v) is 11.6. The zero-order valence-corrected chi connectivity index (χ0v) is 19.2. The van der Waals surface area contributed by atoms with Crippen molar-refractivity contribution < 1.29 is 41.6 Å². The number of benzene rings is 3. The van der Waals surface area contributed by atoms with Crippen LogP contribution >= 0.6 is 7.82 Å².